The number of carbonyl (C=O) groups excluding carboxylic acids is 2. The maximum atomic E-state index is 12.5. The van der Waals surface area contributed by atoms with Gasteiger partial charge in [-0.2, -0.15) is 0 Å². The summed E-state index contributed by atoms with van der Waals surface area (Å²) >= 11 is 0. The van der Waals surface area contributed by atoms with Crippen molar-refractivity contribution in [1.29, 1.82) is 0 Å². The molecule has 108 valence electrons. The van der Waals surface area contributed by atoms with Crippen LogP contribution < -0.4 is 5.32 Å². The zero-order valence-electron chi connectivity index (χ0n) is 12.0. The molecule has 0 aromatic rings. The zero-order valence-corrected chi connectivity index (χ0v) is 12.0. The van der Waals surface area contributed by atoms with Crippen LogP contribution in [0.25, 0.3) is 0 Å². The largest absolute Gasteiger partial charge is 0.344 e. The van der Waals surface area contributed by atoms with E-state index in [9.17, 15) is 9.59 Å². The van der Waals surface area contributed by atoms with Crippen LogP contribution >= 0.6 is 0 Å². The van der Waals surface area contributed by atoms with Crippen LogP contribution in [-0.4, -0.2) is 35.8 Å². The Labute approximate surface area is 115 Å². The normalized spacial score (nSPS) is 24.3. The molecule has 1 aliphatic carbocycles. The highest BCUT2D eigenvalue weighted by atomic mass is 16.2. The molecule has 2 amide bonds. The molecule has 1 unspecified atom stereocenters. The van der Waals surface area contributed by atoms with E-state index >= 15 is 0 Å². The lowest BCUT2D eigenvalue weighted by Gasteiger charge is -2.31. The quantitative estimate of drug-likeness (QED) is 0.828. The van der Waals surface area contributed by atoms with Crippen LogP contribution in [0.3, 0.4) is 0 Å². The van der Waals surface area contributed by atoms with Crippen LogP contribution in [0.4, 0.5) is 0 Å². The standard InChI is InChI=1S/C15H26N2O2/c1-2-10-17(11-12-6-4-3-5-7-12)15(19)13-8-9-14(18)16-13/h12-13H,2-11H2,1H3,(H,16,18). The highest BCUT2D eigenvalue weighted by Gasteiger charge is 2.31. The minimum atomic E-state index is -0.261. The summed E-state index contributed by atoms with van der Waals surface area (Å²) in [5.41, 5.74) is 0. The van der Waals surface area contributed by atoms with E-state index in [4.69, 9.17) is 0 Å². The lowest BCUT2D eigenvalue weighted by atomic mass is 9.89. The Morgan fingerprint density at radius 2 is 2.00 bits per heavy atom. The second-order valence-corrected chi connectivity index (χ2v) is 5.95. The SMILES string of the molecule is CCCN(CC1CCCCC1)C(=O)C1CCC(=O)N1. The summed E-state index contributed by atoms with van der Waals surface area (Å²) in [5, 5.41) is 2.80. The van der Waals surface area contributed by atoms with Crippen molar-refractivity contribution in [3.63, 3.8) is 0 Å². The molecule has 0 aromatic heterocycles. The van der Waals surface area contributed by atoms with Crippen LogP contribution in [0.1, 0.15) is 58.3 Å². The van der Waals surface area contributed by atoms with Crippen molar-refractivity contribution in [2.45, 2.75) is 64.3 Å². The Hall–Kier alpha value is -1.06. The first kappa shape index (κ1) is 14.4. The van der Waals surface area contributed by atoms with Gasteiger partial charge < -0.3 is 10.2 Å². The fourth-order valence-electron chi connectivity index (χ4n) is 3.26. The summed E-state index contributed by atoms with van der Waals surface area (Å²) in [6.07, 6.45) is 8.62. The Balaban J connectivity index is 1.90. The van der Waals surface area contributed by atoms with Crippen molar-refractivity contribution in [2.24, 2.45) is 5.92 Å². The molecule has 1 saturated carbocycles. The number of carbonyl (C=O) groups is 2. The maximum Gasteiger partial charge on any atom is 0.245 e. The summed E-state index contributed by atoms with van der Waals surface area (Å²) in [7, 11) is 0. The molecular formula is C15H26N2O2. The van der Waals surface area contributed by atoms with E-state index in [0.717, 1.165) is 19.5 Å². The Kier molecular flexibility index (Phi) is 5.23. The third-order valence-electron chi connectivity index (χ3n) is 4.30. The molecule has 1 atom stereocenters. The van der Waals surface area contributed by atoms with Gasteiger partial charge >= 0.3 is 0 Å². The molecule has 0 radical (unpaired) electrons. The van der Waals surface area contributed by atoms with Gasteiger partial charge in [0.05, 0.1) is 0 Å². The third kappa shape index (κ3) is 3.95. The first-order valence-corrected chi connectivity index (χ1v) is 7.79. The molecule has 1 N–H and O–H groups in total. The van der Waals surface area contributed by atoms with Crippen molar-refractivity contribution in [3.8, 4) is 0 Å². The first-order valence-electron chi connectivity index (χ1n) is 7.79. The zero-order chi connectivity index (χ0) is 13.7. The van der Waals surface area contributed by atoms with Gasteiger partial charge in [-0.15, -0.1) is 0 Å². The Morgan fingerprint density at radius 1 is 1.26 bits per heavy atom. The lowest BCUT2D eigenvalue weighted by Crippen LogP contribution is -2.46. The van der Waals surface area contributed by atoms with E-state index in [2.05, 4.69) is 12.2 Å². The lowest BCUT2D eigenvalue weighted by molar-refractivity contribution is -0.135. The van der Waals surface area contributed by atoms with Crippen LogP contribution in [-0.2, 0) is 9.59 Å². The Bertz CT molecular complexity index is 324. The maximum absolute atomic E-state index is 12.5. The van der Waals surface area contributed by atoms with E-state index in [0.29, 0.717) is 18.8 Å². The van der Waals surface area contributed by atoms with Gasteiger partial charge in [0.2, 0.25) is 11.8 Å². The monoisotopic (exact) mass is 266 g/mol. The van der Waals surface area contributed by atoms with E-state index in [1.165, 1.54) is 32.1 Å². The van der Waals surface area contributed by atoms with Crippen LogP contribution in [0.2, 0.25) is 0 Å². The molecule has 2 rings (SSSR count). The summed E-state index contributed by atoms with van der Waals surface area (Å²) < 4.78 is 0. The molecule has 4 heteroatoms. The van der Waals surface area contributed by atoms with Crippen LogP contribution in [0.15, 0.2) is 0 Å². The summed E-state index contributed by atoms with van der Waals surface area (Å²) in [4.78, 5) is 25.7. The number of hydrogen-bond acceptors (Lipinski definition) is 2. The number of rotatable bonds is 5. The van der Waals surface area contributed by atoms with E-state index in [1.807, 2.05) is 4.90 Å². The van der Waals surface area contributed by atoms with Crippen LogP contribution in [0, 0.1) is 5.92 Å². The first-order chi connectivity index (χ1) is 9.20. The van der Waals surface area contributed by atoms with Gasteiger partial charge in [-0.25, -0.2) is 0 Å². The van der Waals surface area contributed by atoms with Crippen molar-refractivity contribution in [3.05, 3.63) is 0 Å². The average molecular weight is 266 g/mol. The van der Waals surface area contributed by atoms with Gasteiger partial charge in [0.25, 0.3) is 0 Å². The molecule has 1 aliphatic heterocycles. The molecule has 0 aromatic carbocycles. The topological polar surface area (TPSA) is 49.4 Å². The van der Waals surface area contributed by atoms with Crippen molar-refractivity contribution in [1.82, 2.24) is 10.2 Å². The molecule has 2 aliphatic rings. The molecule has 0 spiro atoms. The molecule has 0 bridgehead atoms. The van der Waals surface area contributed by atoms with Gasteiger partial charge in [0.15, 0.2) is 0 Å². The number of nitrogens with one attached hydrogen (secondary N) is 1. The third-order valence-corrected chi connectivity index (χ3v) is 4.30. The minimum absolute atomic E-state index is 0.0208. The Morgan fingerprint density at radius 3 is 2.58 bits per heavy atom. The predicted molar refractivity (Wildman–Crippen MR) is 74.6 cm³/mol. The molecular weight excluding hydrogens is 240 g/mol. The molecule has 1 saturated heterocycles. The molecule has 1 heterocycles. The van der Waals surface area contributed by atoms with E-state index in [1.54, 1.807) is 0 Å². The minimum Gasteiger partial charge on any atom is -0.344 e. The molecule has 2 fully saturated rings. The van der Waals surface area contributed by atoms with Crippen molar-refractivity contribution < 1.29 is 9.59 Å². The summed E-state index contributed by atoms with van der Waals surface area (Å²) in [6.45, 7) is 3.81. The van der Waals surface area contributed by atoms with Gasteiger partial charge in [-0.1, -0.05) is 26.2 Å². The summed E-state index contributed by atoms with van der Waals surface area (Å²) in [5.74, 6) is 0.826. The smallest absolute Gasteiger partial charge is 0.245 e. The predicted octanol–water partition coefficient (Wildman–Crippen LogP) is 2.08. The van der Waals surface area contributed by atoms with Crippen molar-refractivity contribution in [2.75, 3.05) is 13.1 Å². The fraction of sp³-hybridized carbons (Fsp3) is 0.867. The fourth-order valence-corrected chi connectivity index (χ4v) is 3.26. The van der Waals surface area contributed by atoms with E-state index in [-0.39, 0.29) is 17.9 Å². The van der Waals surface area contributed by atoms with E-state index < -0.39 is 0 Å². The number of nitrogens with zero attached hydrogens (tertiary/aromatic N) is 1. The second kappa shape index (κ2) is 6.92. The van der Waals surface area contributed by atoms with Crippen molar-refractivity contribution >= 4 is 11.8 Å². The summed E-state index contributed by atoms with van der Waals surface area (Å²) in [6, 6.07) is -0.261. The molecule has 19 heavy (non-hydrogen) atoms. The highest BCUT2D eigenvalue weighted by molar-refractivity contribution is 5.90. The number of hydrogen-bond donors (Lipinski definition) is 1. The molecule has 4 nitrogen and oxygen atoms in total. The highest BCUT2D eigenvalue weighted by Crippen LogP contribution is 2.25. The second-order valence-electron chi connectivity index (χ2n) is 5.95. The van der Waals surface area contributed by atoms with Gasteiger partial charge in [-0.3, -0.25) is 9.59 Å². The van der Waals surface area contributed by atoms with Crippen LogP contribution in [0.5, 0.6) is 0 Å². The average Bonchev–Trinajstić information content (AvgIpc) is 2.85. The number of amides is 2. The van der Waals surface area contributed by atoms with Gasteiger partial charge in [0.1, 0.15) is 6.04 Å². The van der Waals surface area contributed by atoms with Gasteiger partial charge in [-0.05, 0) is 31.6 Å². The van der Waals surface area contributed by atoms with Gasteiger partial charge in [0, 0.05) is 19.5 Å².